The number of nitrogens with two attached hydrogens (primary N) is 1. The summed E-state index contributed by atoms with van der Waals surface area (Å²) in [5, 5.41) is 3.19. The fourth-order valence-electron chi connectivity index (χ4n) is 0.948. The smallest absolute Gasteiger partial charge is 0.0460 e. The fraction of sp³-hybridized carbons (Fsp3) is 0.200. The zero-order chi connectivity index (χ0) is 9.84. The topological polar surface area (TPSA) is 38.0 Å². The van der Waals surface area contributed by atoms with E-state index in [2.05, 4.69) is 27.8 Å². The molecule has 13 heavy (non-hydrogen) atoms. The Morgan fingerprint density at radius 1 is 1.62 bits per heavy atom. The number of hydrogen-bond donors (Lipinski definition) is 2. The van der Waals surface area contributed by atoms with Gasteiger partial charge in [0.25, 0.3) is 0 Å². The quantitative estimate of drug-likeness (QED) is 0.798. The molecule has 0 aliphatic carbocycles. The van der Waals surface area contributed by atoms with Crippen LogP contribution >= 0.6 is 15.9 Å². The Hall–Kier alpha value is -0.960. The van der Waals surface area contributed by atoms with Gasteiger partial charge in [-0.1, -0.05) is 28.6 Å². The Labute approximate surface area is 87.0 Å². The van der Waals surface area contributed by atoms with Gasteiger partial charge in [-0.2, -0.15) is 0 Å². The Morgan fingerprint density at radius 2 is 2.31 bits per heavy atom. The third kappa shape index (κ3) is 3.11. The van der Waals surface area contributed by atoms with Crippen LogP contribution in [0.15, 0.2) is 29.3 Å². The highest BCUT2D eigenvalue weighted by Gasteiger charge is 1.95. The molecular weight excluding hydrogens is 228 g/mol. The first-order valence-corrected chi connectivity index (χ1v) is 4.82. The minimum Gasteiger partial charge on any atom is -0.398 e. The van der Waals surface area contributed by atoms with E-state index in [0.29, 0.717) is 6.54 Å². The summed E-state index contributed by atoms with van der Waals surface area (Å²) in [5.74, 6) is 0. The molecular formula is C10H13BrN2. The fourth-order valence-corrected chi connectivity index (χ4v) is 1.09. The number of halogens is 1. The van der Waals surface area contributed by atoms with Crippen LogP contribution in [0.2, 0.25) is 0 Å². The van der Waals surface area contributed by atoms with E-state index in [4.69, 9.17) is 5.73 Å². The molecule has 0 radical (unpaired) electrons. The third-order valence-corrected chi connectivity index (χ3v) is 2.04. The molecule has 0 saturated carbocycles. The molecule has 0 atom stereocenters. The molecule has 1 rings (SSSR count). The van der Waals surface area contributed by atoms with E-state index >= 15 is 0 Å². The molecule has 3 heteroatoms. The van der Waals surface area contributed by atoms with Crippen molar-refractivity contribution in [3.63, 3.8) is 0 Å². The molecule has 3 N–H and O–H groups in total. The van der Waals surface area contributed by atoms with Crippen molar-refractivity contribution in [3.05, 3.63) is 34.8 Å². The van der Waals surface area contributed by atoms with Crippen molar-refractivity contribution in [2.75, 3.05) is 17.6 Å². The highest BCUT2D eigenvalue weighted by atomic mass is 79.9. The van der Waals surface area contributed by atoms with Gasteiger partial charge < -0.3 is 11.1 Å². The van der Waals surface area contributed by atoms with Crippen LogP contribution in [0.5, 0.6) is 0 Å². The maximum atomic E-state index is 5.75. The SMILES string of the molecule is C=C(Br)CNc1ccc(C)c(N)c1. The van der Waals surface area contributed by atoms with Crippen LogP contribution in [-0.4, -0.2) is 6.54 Å². The maximum Gasteiger partial charge on any atom is 0.0460 e. The molecule has 0 aromatic heterocycles. The molecule has 1 aromatic carbocycles. The molecule has 0 aliphatic rings. The first-order chi connectivity index (χ1) is 6.09. The second kappa shape index (κ2) is 4.33. The molecule has 0 bridgehead atoms. The molecule has 0 aliphatic heterocycles. The second-order valence-electron chi connectivity index (χ2n) is 2.94. The van der Waals surface area contributed by atoms with Crippen molar-refractivity contribution < 1.29 is 0 Å². The number of nitrogen functional groups attached to an aromatic ring is 1. The number of anilines is 2. The standard InChI is InChI=1S/C10H13BrN2/c1-7-3-4-9(5-10(7)12)13-6-8(2)11/h3-5,13H,2,6,12H2,1H3. The number of benzene rings is 1. The van der Waals surface area contributed by atoms with Gasteiger partial charge in [0.2, 0.25) is 0 Å². The van der Waals surface area contributed by atoms with Gasteiger partial charge in [-0.05, 0) is 24.6 Å². The zero-order valence-electron chi connectivity index (χ0n) is 7.60. The van der Waals surface area contributed by atoms with E-state index in [1.807, 2.05) is 25.1 Å². The van der Waals surface area contributed by atoms with Gasteiger partial charge >= 0.3 is 0 Å². The summed E-state index contributed by atoms with van der Waals surface area (Å²) in [6.45, 7) is 6.43. The van der Waals surface area contributed by atoms with Gasteiger partial charge in [0, 0.05) is 22.4 Å². The van der Waals surface area contributed by atoms with Crippen molar-refractivity contribution >= 4 is 27.3 Å². The lowest BCUT2D eigenvalue weighted by atomic mass is 10.2. The molecule has 2 nitrogen and oxygen atoms in total. The Kier molecular flexibility index (Phi) is 3.37. The average Bonchev–Trinajstić information content (AvgIpc) is 2.07. The maximum absolute atomic E-state index is 5.75. The summed E-state index contributed by atoms with van der Waals surface area (Å²) in [4.78, 5) is 0. The molecule has 0 saturated heterocycles. The van der Waals surface area contributed by atoms with Crippen LogP contribution in [0.4, 0.5) is 11.4 Å². The van der Waals surface area contributed by atoms with E-state index in [1.54, 1.807) is 0 Å². The van der Waals surface area contributed by atoms with Gasteiger partial charge in [0.1, 0.15) is 0 Å². The van der Waals surface area contributed by atoms with E-state index in [1.165, 1.54) is 0 Å². The van der Waals surface area contributed by atoms with Gasteiger partial charge in [-0.15, -0.1) is 0 Å². The molecule has 1 aromatic rings. The molecule has 0 fully saturated rings. The highest BCUT2D eigenvalue weighted by Crippen LogP contribution is 2.17. The number of rotatable bonds is 3. The van der Waals surface area contributed by atoms with Crippen molar-refractivity contribution in [2.45, 2.75) is 6.92 Å². The molecule has 0 unspecified atom stereocenters. The molecule has 0 heterocycles. The van der Waals surface area contributed by atoms with Crippen LogP contribution in [0.25, 0.3) is 0 Å². The number of aryl methyl sites for hydroxylation is 1. The lowest BCUT2D eigenvalue weighted by molar-refractivity contribution is 1.32. The lowest BCUT2D eigenvalue weighted by Gasteiger charge is -2.07. The summed E-state index contributed by atoms with van der Waals surface area (Å²) in [6, 6.07) is 5.92. The number of hydrogen-bond acceptors (Lipinski definition) is 2. The normalized spacial score (nSPS) is 9.69. The monoisotopic (exact) mass is 240 g/mol. The second-order valence-corrected chi connectivity index (χ2v) is 4.06. The van der Waals surface area contributed by atoms with E-state index < -0.39 is 0 Å². The highest BCUT2D eigenvalue weighted by molar-refractivity contribution is 9.11. The number of nitrogens with one attached hydrogen (secondary N) is 1. The largest absolute Gasteiger partial charge is 0.398 e. The minimum atomic E-state index is 0.711. The Bertz CT molecular complexity index is 321. The van der Waals surface area contributed by atoms with Crippen LogP contribution in [-0.2, 0) is 0 Å². The van der Waals surface area contributed by atoms with E-state index in [9.17, 15) is 0 Å². The molecule has 0 amide bonds. The van der Waals surface area contributed by atoms with Crippen LogP contribution in [0, 0.1) is 6.92 Å². The Morgan fingerprint density at radius 3 is 2.85 bits per heavy atom. The van der Waals surface area contributed by atoms with E-state index in [0.717, 1.165) is 21.4 Å². The lowest BCUT2D eigenvalue weighted by Crippen LogP contribution is -2.01. The van der Waals surface area contributed by atoms with Crippen LogP contribution in [0.3, 0.4) is 0 Å². The predicted octanol–water partition coefficient (Wildman–Crippen LogP) is 2.90. The van der Waals surface area contributed by atoms with Gasteiger partial charge in [-0.25, -0.2) is 0 Å². The first-order valence-electron chi connectivity index (χ1n) is 4.03. The minimum absolute atomic E-state index is 0.711. The summed E-state index contributed by atoms with van der Waals surface area (Å²) in [5.41, 5.74) is 8.68. The molecule has 0 spiro atoms. The first kappa shape index (κ1) is 10.1. The van der Waals surface area contributed by atoms with Crippen molar-refractivity contribution in [1.29, 1.82) is 0 Å². The third-order valence-electron chi connectivity index (χ3n) is 1.76. The molecule has 70 valence electrons. The summed E-state index contributed by atoms with van der Waals surface area (Å²) in [6.07, 6.45) is 0. The van der Waals surface area contributed by atoms with Gasteiger partial charge in [0.15, 0.2) is 0 Å². The summed E-state index contributed by atoms with van der Waals surface area (Å²) in [7, 11) is 0. The van der Waals surface area contributed by atoms with Crippen molar-refractivity contribution in [2.24, 2.45) is 0 Å². The zero-order valence-corrected chi connectivity index (χ0v) is 9.19. The van der Waals surface area contributed by atoms with Gasteiger partial charge in [0.05, 0.1) is 0 Å². The van der Waals surface area contributed by atoms with Crippen molar-refractivity contribution in [3.8, 4) is 0 Å². The predicted molar refractivity (Wildman–Crippen MR) is 62.1 cm³/mol. The van der Waals surface area contributed by atoms with Crippen molar-refractivity contribution in [1.82, 2.24) is 0 Å². The van der Waals surface area contributed by atoms with E-state index in [-0.39, 0.29) is 0 Å². The van der Waals surface area contributed by atoms with Gasteiger partial charge in [-0.3, -0.25) is 0 Å². The summed E-state index contributed by atoms with van der Waals surface area (Å²) >= 11 is 3.28. The summed E-state index contributed by atoms with van der Waals surface area (Å²) < 4.78 is 0.923. The average molecular weight is 241 g/mol. The van der Waals surface area contributed by atoms with Crippen LogP contribution in [0.1, 0.15) is 5.56 Å². The van der Waals surface area contributed by atoms with Crippen LogP contribution < -0.4 is 11.1 Å². The Balaban J connectivity index is 2.68.